The average Bonchev–Trinajstić information content (AvgIpc) is 2.70. The summed E-state index contributed by atoms with van der Waals surface area (Å²) in [5, 5.41) is 2.16. The lowest BCUT2D eigenvalue weighted by atomic mass is 10.0. The first kappa shape index (κ1) is 14.2. The molecule has 1 aromatic rings. The Morgan fingerprint density at radius 3 is 2.56 bits per heavy atom. The number of hydrogen-bond acceptors (Lipinski definition) is 2. The third-order valence-corrected chi connectivity index (χ3v) is 4.41. The Morgan fingerprint density at radius 1 is 1.25 bits per heavy atom. The van der Waals surface area contributed by atoms with Gasteiger partial charge in [0, 0.05) is 6.04 Å². The molecule has 0 aliphatic carbocycles. The van der Waals surface area contributed by atoms with E-state index in [4.69, 9.17) is 5.73 Å². The summed E-state index contributed by atoms with van der Waals surface area (Å²) in [6, 6.07) is 2.38. The van der Waals surface area contributed by atoms with Crippen LogP contribution in [0.1, 0.15) is 63.5 Å². The van der Waals surface area contributed by atoms with Crippen molar-refractivity contribution in [3.05, 3.63) is 20.8 Å². The summed E-state index contributed by atoms with van der Waals surface area (Å²) >= 11 is 5.19. The highest BCUT2D eigenvalue weighted by atomic mass is 79.9. The fraction of sp³-hybridized carbons (Fsp3) is 0.692. The predicted molar refractivity (Wildman–Crippen MR) is 76.9 cm³/mol. The molecule has 0 radical (unpaired) electrons. The first-order valence-electron chi connectivity index (χ1n) is 6.23. The van der Waals surface area contributed by atoms with E-state index in [1.54, 1.807) is 11.3 Å². The highest BCUT2D eigenvalue weighted by Gasteiger charge is 2.07. The molecule has 1 unspecified atom stereocenters. The quantitative estimate of drug-likeness (QED) is 0.651. The van der Waals surface area contributed by atoms with Gasteiger partial charge in [-0.3, -0.25) is 0 Å². The SMILES string of the molecule is CCCCCCCCC(N)c1csc(Br)c1. The van der Waals surface area contributed by atoms with E-state index in [0.717, 1.165) is 6.42 Å². The number of nitrogens with two attached hydrogens (primary N) is 1. The lowest BCUT2D eigenvalue weighted by Gasteiger charge is -2.09. The Labute approximate surface area is 112 Å². The van der Waals surface area contributed by atoms with Crippen molar-refractivity contribution in [2.45, 2.75) is 57.9 Å². The van der Waals surface area contributed by atoms with E-state index in [2.05, 4.69) is 34.3 Å². The van der Waals surface area contributed by atoms with E-state index in [9.17, 15) is 0 Å². The highest BCUT2D eigenvalue weighted by molar-refractivity contribution is 9.11. The average molecular weight is 304 g/mol. The van der Waals surface area contributed by atoms with E-state index in [1.165, 1.54) is 47.9 Å². The molecule has 0 saturated heterocycles. The zero-order chi connectivity index (χ0) is 11.8. The zero-order valence-electron chi connectivity index (χ0n) is 10.0. The van der Waals surface area contributed by atoms with E-state index in [1.807, 2.05) is 0 Å². The summed E-state index contributed by atoms with van der Waals surface area (Å²) in [5.41, 5.74) is 7.42. The predicted octanol–water partition coefficient (Wildman–Crippen LogP) is 5.26. The Hall–Kier alpha value is 0.140. The Kier molecular flexibility index (Phi) is 7.33. The normalized spacial score (nSPS) is 12.9. The molecule has 0 fully saturated rings. The molecule has 0 aliphatic heterocycles. The van der Waals surface area contributed by atoms with Gasteiger partial charge in [0.1, 0.15) is 0 Å². The minimum atomic E-state index is 0.230. The van der Waals surface area contributed by atoms with Gasteiger partial charge >= 0.3 is 0 Å². The molecule has 1 atom stereocenters. The van der Waals surface area contributed by atoms with Gasteiger partial charge in [0.15, 0.2) is 0 Å². The topological polar surface area (TPSA) is 26.0 Å². The van der Waals surface area contributed by atoms with Gasteiger partial charge in [-0.1, -0.05) is 45.4 Å². The summed E-state index contributed by atoms with van der Waals surface area (Å²) in [5.74, 6) is 0. The van der Waals surface area contributed by atoms with Gasteiger partial charge in [0.05, 0.1) is 3.79 Å². The maximum absolute atomic E-state index is 6.14. The van der Waals surface area contributed by atoms with Gasteiger partial charge in [-0.25, -0.2) is 0 Å². The van der Waals surface area contributed by atoms with Crippen LogP contribution in [0.25, 0.3) is 0 Å². The molecular weight excluding hydrogens is 282 g/mol. The van der Waals surface area contributed by atoms with Crippen LogP contribution in [-0.4, -0.2) is 0 Å². The fourth-order valence-corrected chi connectivity index (χ4v) is 3.07. The Balaban J connectivity index is 2.09. The number of halogens is 1. The van der Waals surface area contributed by atoms with Crippen molar-refractivity contribution in [2.24, 2.45) is 5.73 Å². The first-order chi connectivity index (χ1) is 7.74. The molecule has 0 saturated carbocycles. The fourth-order valence-electron chi connectivity index (χ4n) is 1.83. The second-order valence-electron chi connectivity index (χ2n) is 4.35. The Bertz CT molecular complexity index is 285. The van der Waals surface area contributed by atoms with Crippen LogP contribution in [-0.2, 0) is 0 Å². The van der Waals surface area contributed by atoms with E-state index in [-0.39, 0.29) is 6.04 Å². The van der Waals surface area contributed by atoms with Gasteiger partial charge in [-0.05, 0) is 39.4 Å². The van der Waals surface area contributed by atoms with Gasteiger partial charge in [0.2, 0.25) is 0 Å². The molecule has 1 heterocycles. The number of unbranched alkanes of at least 4 members (excludes halogenated alkanes) is 5. The summed E-state index contributed by atoms with van der Waals surface area (Å²) in [6.45, 7) is 2.25. The second-order valence-corrected chi connectivity index (χ2v) is 6.64. The molecule has 2 N–H and O–H groups in total. The lowest BCUT2D eigenvalue weighted by molar-refractivity contribution is 0.548. The van der Waals surface area contributed by atoms with Crippen LogP contribution in [0.3, 0.4) is 0 Å². The largest absolute Gasteiger partial charge is 0.324 e. The second kappa shape index (κ2) is 8.26. The van der Waals surface area contributed by atoms with E-state index < -0.39 is 0 Å². The standard InChI is InChI=1S/C13H22BrNS/c1-2-3-4-5-6-7-8-12(15)11-9-13(14)16-10-11/h9-10,12H,2-8,15H2,1H3. The van der Waals surface area contributed by atoms with Crippen molar-refractivity contribution in [3.63, 3.8) is 0 Å². The van der Waals surface area contributed by atoms with Crippen LogP contribution in [0.15, 0.2) is 15.2 Å². The smallest absolute Gasteiger partial charge is 0.0701 e. The molecule has 16 heavy (non-hydrogen) atoms. The lowest BCUT2D eigenvalue weighted by Crippen LogP contribution is -2.08. The zero-order valence-corrected chi connectivity index (χ0v) is 12.4. The van der Waals surface area contributed by atoms with Crippen LogP contribution in [0.4, 0.5) is 0 Å². The van der Waals surface area contributed by atoms with Crippen LogP contribution in [0.2, 0.25) is 0 Å². The molecule has 0 amide bonds. The Morgan fingerprint density at radius 2 is 1.94 bits per heavy atom. The molecule has 0 spiro atoms. The van der Waals surface area contributed by atoms with Crippen molar-refractivity contribution < 1.29 is 0 Å². The minimum absolute atomic E-state index is 0.230. The highest BCUT2D eigenvalue weighted by Crippen LogP contribution is 2.26. The molecule has 0 aromatic carbocycles. The van der Waals surface area contributed by atoms with Gasteiger partial charge in [-0.15, -0.1) is 11.3 Å². The molecule has 1 nitrogen and oxygen atoms in total. The van der Waals surface area contributed by atoms with Crippen molar-refractivity contribution in [1.82, 2.24) is 0 Å². The number of rotatable bonds is 8. The third-order valence-electron chi connectivity index (χ3n) is 2.88. The van der Waals surface area contributed by atoms with Crippen LogP contribution >= 0.6 is 27.3 Å². The van der Waals surface area contributed by atoms with Crippen molar-refractivity contribution in [3.8, 4) is 0 Å². The van der Waals surface area contributed by atoms with E-state index in [0.29, 0.717) is 0 Å². The summed E-state index contributed by atoms with van der Waals surface area (Å²) in [4.78, 5) is 0. The maximum Gasteiger partial charge on any atom is 0.0701 e. The molecule has 3 heteroatoms. The maximum atomic E-state index is 6.14. The van der Waals surface area contributed by atoms with Gasteiger partial charge < -0.3 is 5.73 Å². The molecular formula is C13H22BrNS. The summed E-state index contributed by atoms with van der Waals surface area (Å²) in [6.07, 6.45) is 9.17. The van der Waals surface area contributed by atoms with Crippen molar-refractivity contribution in [1.29, 1.82) is 0 Å². The van der Waals surface area contributed by atoms with Crippen molar-refractivity contribution >= 4 is 27.3 Å². The van der Waals surface area contributed by atoms with Crippen LogP contribution < -0.4 is 5.73 Å². The van der Waals surface area contributed by atoms with E-state index >= 15 is 0 Å². The molecule has 0 aliphatic rings. The minimum Gasteiger partial charge on any atom is -0.324 e. The molecule has 1 aromatic heterocycles. The monoisotopic (exact) mass is 303 g/mol. The number of hydrogen-bond donors (Lipinski definition) is 1. The number of thiophene rings is 1. The summed E-state index contributed by atoms with van der Waals surface area (Å²) < 4.78 is 1.18. The van der Waals surface area contributed by atoms with Crippen LogP contribution in [0.5, 0.6) is 0 Å². The van der Waals surface area contributed by atoms with Crippen molar-refractivity contribution in [2.75, 3.05) is 0 Å². The van der Waals surface area contributed by atoms with Crippen LogP contribution in [0, 0.1) is 0 Å². The van der Waals surface area contributed by atoms with Gasteiger partial charge in [-0.2, -0.15) is 0 Å². The molecule has 1 rings (SSSR count). The molecule has 0 bridgehead atoms. The third kappa shape index (κ3) is 5.46. The first-order valence-corrected chi connectivity index (χ1v) is 7.90. The summed E-state index contributed by atoms with van der Waals surface area (Å²) in [7, 11) is 0. The van der Waals surface area contributed by atoms with Gasteiger partial charge in [0.25, 0.3) is 0 Å². The molecule has 92 valence electrons.